The van der Waals surface area contributed by atoms with Gasteiger partial charge in [0.25, 0.3) is 0 Å². The lowest BCUT2D eigenvalue weighted by Gasteiger charge is -2.30. The summed E-state index contributed by atoms with van der Waals surface area (Å²) in [7, 11) is 0. The molecule has 0 aliphatic heterocycles. The second-order valence-electron chi connectivity index (χ2n) is 8.83. The Hall–Kier alpha value is -3.17. The summed E-state index contributed by atoms with van der Waals surface area (Å²) >= 11 is 0. The SMILES string of the molecule is CCc1cccc(CNC[C@H](O)[C@H](Cc2cc(F)cc(F)c2)NC(=O)C(C)(C)n2cncn2)c1. The van der Waals surface area contributed by atoms with Crippen LogP contribution in [0, 0.1) is 11.6 Å². The Kier molecular flexibility index (Phi) is 8.46. The van der Waals surface area contributed by atoms with Gasteiger partial charge in [-0.15, -0.1) is 0 Å². The highest BCUT2D eigenvalue weighted by atomic mass is 19.1. The van der Waals surface area contributed by atoms with Crippen LogP contribution in [0.1, 0.15) is 37.5 Å². The third-order valence-corrected chi connectivity index (χ3v) is 5.79. The number of nitrogens with zero attached hydrogens (tertiary/aromatic N) is 3. The molecule has 0 saturated heterocycles. The molecule has 0 saturated carbocycles. The van der Waals surface area contributed by atoms with Gasteiger partial charge in [0, 0.05) is 19.2 Å². The number of carbonyl (C=O) groups excluding carboxylic acids is 1. The smallest absolute Gasteiger partial charge is 0.247 e. The number of amides is 1. The van der Waals surface area contributed by atoms with Crippen molar-refractivity contribution in [3.05, 3.63) is 83.4 Å². The summed E-state index contributed by atoms with van der Waals surface area (Å²) in [6.45, 7) is 6.12. The average molecular weight is 472 g/mol. The van der Waals surface area contributed by atoms with E-state index in [1.807, 2.05) is 12.1 Å². The minimum Gasteiger partial charge on any atom is -0.390 e. The Bertz CT molecular complexity index is 1070. The number of aliphatic hydroxyl groups is 1. The Balaban J connectivity index is 1.72. The van der Waals surface area contributed by atoms with Crippen LogP contribution in [0.5, 0.6) is 0 Å². The number of hydrogen-bond acceptors (Lipinski definition) is 5. The lowest BCUT2D eigenvalue weighted by atomic mass is 9.98. The summed E-state index contributed by atoms with van der Waals surface area (Å²) in [4.78, 5) is 17.0. The van der Waals surface area contributed by atoms with E-state index in [2.05, 4.69) is 39.8 Å². The molecule has 3 N–H and O–H groups in total. The van der Waals surface area contributed by atoms with Crippen LogP contribution in [-0.2, 0) is 29.7 Å². The molecule has 1 heterocycles. The number of hydrogen-bond donors (Lipinski definition) is 3. The maximum absolute atomic E-state index is 13.7. The highest BCUT2D eigenvalue weighted by Crippen LogP contribution is 2.16. The molecule has 0 bridgehead atoms. The van der Waals surface area contributed by atoms with Crippen LogP contribution < -0.4 is 10.6 Å². The Morgan fingerprint density at radius 1 is 1.12 bits per heavy atom. The van der Waals surface area contributed by atoms with E-state index < -0.39 is 35.2 Å². The van der Waals surface area contributed by atoms with Crippen molar-refractivity contribution in [2.45, 2.75) is 57.8 Å². The Morgan fingerprint density at radius 2 is 1.82 bits per heavy atom. The molecule has 1 aromatic heterocycles. The molecule has 9 heteroatoms. The molecule has 182 valence electrons. The van der Waals surface area contributed by atoms with Crippen LogP contribution in [0.2, 0.25) is 0 Å². The summed E-state index contributed by atoms with van der Waals surface area (Å²) in [6.07, 6.45) is 2.71. The average Bonchev–Trinajstić information content (AvgIpc) is 3.34. The third-order valence-electron chi connectivity index (χ3n) is 5.79. The molecular formula is C25H31F2N5O2. The van der Waals surface area contributed by atoms with Gasteiger partial charge in [0.05, 0.1) is 12.1 Å². The molecule has 3 aromatic rings. The van der Waals surface area contributed by atoms with E-state index in [0.29, 0.717) is 12.1 Å². The molecule has 0 aliphatic rings. The number of carbonyl (C=O) groups is 1. The predicted octanol–water partition coefficient (Wildman–Crippen LogP) is 2.73. The van der Waals surface area contributed by atoms with Crippen LogP contribution in [0.4, 0.5) is 8.78 Å². The van der Waals surface area contributed by atoms with Crippen LogP contribution in [-0.4, -0.2) is 44.5 Å². The standard InChI is InChI=1S/C25H31F2N5O2/c1-4-17-6-5-7-18(8-17)13-28-14-23(33)22(11-19-9-20(26)12-21(27)10-19)31-24(34)25(2,3)32-16-29-15-30-32/h5-10,12,15-16,22-23,28,33H,4,11,13-14H2,1-3H3,(H,31,34)/t22-,23-/m0/s1. The molecule has 0 spiro atoms. The van der Waals surface area contributed by atoms with Crippen molar-refractivity contribution in [1.82, 2.24) is 25.4 Å². The molecule has 0 unspecified atom stereocenters. The highest BCUT2D eigenvalue weighted by molar-refractivity contribution is 5.83. The minimum absolute atomic E-state index is 0.0437. The normalized spacial score (nSPS) is 13.5. The summed E-state index contributed by atoms with van der Waals surface area (Å²) < 4.78 is 28.9. The van der Waals surface area contributed by atoms with Gasteiger partial charge in [-0.05, 0) is 55.5 Å². The first-order valence-electron chi connectivity index (χ1n) is 11.3. The van der Waals surface area contributed by atoms with Crippen molar-refractivity contribution in [1.29, 1.82) is 0 Å². The fraction of sp³-hybridized carbons (Fsp3) is 0.400. The van der Waals surface area contributed by atoms with E-state index in [1.165, 1.54) is 35.0 Å². The van der Waals surface area contributed by atoms with Gasteiger partial charge in [0.1, 0.15) is 29.8 Å². The molecule has 34 heavy (non-hydrogen) atoms. The summed E-state index contributed by atoms with van der Waals surface area (Å²) in [6, 6.07) is 10.5. The molecule has 2 atom stereocenters. The first kappa shape index (κ1) is 25.5. The van der Waals surface area contributed by atoms with Crippen molar-refractivity contribution < 1.29 is 18.7 Å². The molecule has 2 aromatic carbocycles. The lowest BCUT2D eigenvalue weighted by Crippen LogP contribution is -2.54. The number of benzene rings is 2. The lowest BCUT2D eigenvalue weighted by molar-refractivity contribution is -0.130. The first-order valence-corrected chi connectivity index (χ1v) is 11.3. The van der Waals surface area contributed by atoms with E-state index in [0.717, 1.165) is 18.1 Å². The van der Waals surface area contributed by atoms with Crippen molar-refractivity contribution in [3.63, 3.8) is 0 Å². The molecule has 7 nitrogen and oxygen atoms in total. The zero-order valence-electron chi connectivity index (χ0n) is 19.6. The summed E-state index contributed by atoms with van der Waals surface area (Å²) in [5, 5.41) is 21.0. The van der Waals surface area contributed by atoms with E-state index in [9.17, 15) is 18.7 Å². The van der Waals surface area contributed by atoms with Gasteiger partial charge in [-0.25, -0.2) is 18.4 Å². The van der Waals surface area contributed by atoms with Crippen LogP contribution in [0.3, 0.4) is 0 Å². The molecule has 3 rings (SSSR count). The van der Waals surface area contributed by atoms with E-state index in [4.69, 9.17) is 0 Å². The van der Waals surface area contributed by atoms with E-state index in [1.54, 1.807) is 13.8 Å². The number of aliphatic hydroxyl groups excluding tert-OH is 1. The van der Waals surface area contributed by atoms with Crippen molar-refractivity contribution in [3.8, 4) is 0 Å². The number of rotatable bonds is 11. The number of aromatic nitrogens is 3. The number of aryl methyl sites for hydroxylation is 1. The Morgan fingerprint density at radius 3 is 2.47 bits per heavy atom. The van der Waals surface area contributed by atoms with Gasteiger partial charge in [-0.2, -0.15) is 5.10 Å². The quantitative estimate of drug-likeness (QED) is 0.400. The first-order chi connectivity index (χ1) is 16.2. The van der Waals surface area contributed by atoms with Crippen LogP contribution >= 0.6 is 0 Å². The van der Waals surface area contributed by atoms with Gasteiger partial charge < -0.3 is 15.7 Å². The summed E-state index contributed by atoms with van der Waals surface area (Å²) in [5.41, 5.74) is 1.53. The fourth-order valence-corrected chi connectivity index (χ4v) is 3.68. The van der Waals surface area contributed by atoms with Crippen molar-refractivity contribution >= 4 is 5.91 Å². The highest BCUT2D eigenvalue weighted by Gasteiger charge is 2.34. The molecule has 0 radical (unpaired) electrons. The van der Waals surface area contributed by atoms with Gasteiger partial charge >= 0.3 is 0 Å². The fourth-order valence-electron chi connectivity index (χ4n) is 3.68. The molecule has 0 fully saturated rings. The van der Waals surface area contributed by atoms with Gasteiger partial charge in [0.2, 0.25) is 5.91 Å². The zero-order chi connectivity index (χ0) is 24.7. The van der Waals surface area contributed by atoms with E-state index >= 15 is 0 Å². The van der Waals surface area contributed by atoms with Gasteiger partial charge in [0.15, 0.2) is 0 Å². The van der Waals surface area contributed by atoms with Crippen molar-refractivity contribution in [2.24, 2.45) is 0 Å². The molecule has 1 amide bonds. The third kappa shape index (κ3) is 6.68. The number of halogens is 2. The topological polar surface area (TPSA) is 92.1 Å². The second-order valence-corrected chi connectivity index (χ2v) is 8.83. The monoisotopic (exact) mass is 471 g/mol. The van der Waals surface area contributed by atoms with Crippen LogP contribution in [0.15, 0.2) is 55.1 Å². The molecular weight excluding hydrogens is 440 g/mol. The number of nitrogens with one attached hydrogen (secondary N) is 2. The van der Waals surface area contributed by atoms with E-state index in [-0.39, 0.29) is 13.0 Å². The van der Waals surface area contributed by atoms with Gasteiger partial charge in [-0.1, -0.05) is 31.2 Å². The Labute approximate surface area is 198 Å². The van der Waals surface area contributed by atoms with Crippen LogP contribution in [0.25, 0.3) is 0 Å². The minimum atomic E-state index is -1.09. The molecule has 0 aliphatic carbocycles. The predicted molar refractivity (Wildman–Crippen MR) is 125 cm³/mol. The van der Waals surface area contributed by atoms with Crippen molar-refractivity contribution in [2.75, 3.05) is 6.54 Å². The maximum Gasteiger partial charge on any atom is 0.247 e. The maximum atomic E-state index is 13.7. The zero-order valence-corrected chi connectivity index (χ0v) is 19.6. The van der Waals surface area contributed by atoms with Gasteiger partial charge in [-0.3, -0.25) is 4.79 Å². The second kappa shape index (κ2) is 11.3. The largest absolute Gasteiger partial charge is 0.390 e. The summed E-state index contributed by atoms with van der Waals surface area (Å²) in [5.74, 6) is -1.84.